The maximum Gasteiger partial charge on any atom is 0.489 e. The van der Waals surface area contributed by atoms with Crippen LogP contribution < -0.4 is 11.1 Å². The highest BCUT2D eigenvalue weighted by Gasteiger charge is 2.43. The molecule has 0 aliphatic carbocycles. The molecule has 0 saturated heterocycles. The lowest BCUT2D eigenvalue weighted by Gasteiger charge is -2.41. The third kappa shape index (κ3) is 9.05. The van der Waals surface area contributed by atoms with Crippen LogP contribution in [0.3, 0.4) is 0 Å². The van der Waals surface area contributed by atoms with Crippen LogP contribution in [0.2, 0.25) is 0 Å². The molecule has 0 aliphatic heterocycles. The molecule has 0 saturated carbocycles. The van der Waals surface area contributed by atoms with E-state index in [2.05, 4.69) is 15.3 Å². The van der Waals surface area contributed by atoms with Crippen molar-refractivity contribution in [3.8, 4) is 0 Å². The molecule has 0 unspecified atom stereocenters. The quantitative estimate of drug-likeness (QED) is 0.253. The SMILES string of the molecule is CC(C)C[C@H](N)O[B]OC(C)(C)C(C)(C)OC(=O)[C@H](Cc1ccccc1)NC(=O)c1cnccn1. The van der Waals surface area contributed by atoms with E-state index in [1.807, 2.05) is 44.2 Å². The molecule has 0 fully saturated rings. The molecule has 3 N–H and O–H groups in total. The molecule has 1 radical (unpaired) electrons. The molecule has 2 aromatic rings. The zero-order valence-corrected chi connectivity index (χ0v) is 21.4. The maximum absolute atomic E-state index is 13.3. The molecule has 9 nitrogen and oxygen atoms in total. The van der Waals surface area contributed by atoms with Gasteiger partial charge in [0, 0.05) is 18.8 Å². The summed E-state index contributed by atoms with van der Waals surface area (Å²) >= 11 is 0. The first-order chi connectivity index (χ1) is 16.4. The molecule has 2 atom stereocenters. The number of benzene rings is 1. The van der Waals surface area contributed by atoms with Crippen LogP contribution in [0.1, 0.15) is 64.0 Å². The zero-order chi connectivity index (χ0) is 26.1. The monoisotopic (exact) mass is 483 g/mol. The summed E-state index contributed by atoms with van der Waals surface area (Å²) in [5.41, 5.74) is 4.85. The molecule has 0 aliphatic rings. The second-order valence-electron chi connectivity index (χ2n) is 9.77. The van der Waals surface area contributed by atoms with Gasteiger partial charge in [-0.2, -0.15) is 0 Å². The van der Waals surface area contributed by atoms with Gasteiger partial charge in [-0.05, 0) is 45.6 Å². The van der Waals surface area contributed by atoms with Gasteiger partial charge in [-0.1, -0.05) is 44.2 Å². The van der Waals surface area contributed by atoms with Crippen molar-refractivity contribution >= 4 is 19.6 Å². The number of carbonyl (C=O) groups excluding carboxylic acids is 2. The van der Waals surface area contributed by atoms with Crippen molar-refractivity contribution in [2.75, 3.05) is 0 Å². The smallest absolute Gasteiger partial charge is 0.455 e. The number of carbonyl (C=O) groups is 2. The minimum atomic E-state index is -1.09. The van der Waals surface area contributed by atoms with Gasteiger partial charge >= 0.3 is 13.7 Å². The summed E-state index contributed by atoms with van der Waals surface area (Å²) in [6.07, 6.45) is 4.62. The third-order valence-corrected chi connectivity index (χ3v) is 5.75. The molecular formula is C25H36BN4O5. The van der Waals surface area contributed by atoms with Gasteiger partial charge in [0.15, 0.2) is 0 Å². The van der Waals surface area contributed by atoms with E-state index in [4.69, 9.17) is 19.8 Å². The summed E-state index contributed by atoms with van der Waals surface area (Å²) in [5, 5.41) is 2.73. The fourth-order valence-corrected chi connectivity index (χ4v) is 3.02. The van der Waals surface area contributed by atoms with Crippen LogP contribution in [-0.2, 0) is 25.3 Å². The normalized spacial score (nSPS) is 13.7. The second kappa shape index (κ2) is 12.8. The molecule has 35 heavy (non-hydrogen) atoms. The Kier molecular flexibility index (Phi) is 10.4. The van der Waals surface area contributed by atoms with Gasteiger partial charge in [0.05, 0.1) is 18.0 Å². The van der Waals surface area contributed by atoms with Crippen molar-refractivity contribution in [3.63, 3.8) is 0 Å². The molecule has 2 rings (SSSR count). The van der Waals surface area contributed by atoms with Crippen LogP contribution in [-0.4, -0.2) is 53.0 Å². The van der Waals surface area contributed by atoms with E-state index < -0.39 is 35.3 Å². The van der Waals surface area contributed by atoms with Gasteiger partial charge < -0.3 is 25.1 Å². The van der Waals surface area contributed by atoms with Gasteiger partial charge in [-0.3, -0.25) is 9.78 Å². The second-order valence-corrected chi connectivity index (χ2v) is 9.77. The number of rotatable bonds is 13. The molecule has 1 aromatic carbocycles. The first-order valence-electron chi connectivity index (χ1n) is 11.7. The number of amides is 1. The largest absolute Gasteiger partial charge is 0.489 e. The van der Waals surface area contributed by atoms with Gasteiger partial charge in [-0.15, -0.1) is 0 Å². The van der Waals surface area contributed by atoms with Crippen LogP contribution in [0.4, 0.5) is 0 Å². The van der Waals surface area contributed by atoms with Gasteiger partial charge in [0.1, 0.15) is 17.3 Å². The Morgan fingerprint density at radius 2 is 1.77 bits per heavy atom. The zero-order valence-electron chi connectivity index (χ0n) is 21.4. The summed E-state index contributed by atoms with van der Waals surface area (Å²) in [5.74, 6) is -0.752. The van der Waals surface area contributed by atoms with E-state index >= 15 is 0 Å². The predicted octanol–water partition coefficient (Wildman–Crippen LogP) is 2.82. The Labute approximate surface area is 208 Å². The summed E-state index contributed by atoms with van der Waals surface area (Å²) in [6, 6.07) is 8.40. The standard InChI is InChI=1S/C25H36BN4O5/c1-17(2)14-21(27)34-26-35-25(5,6)24(3,4)33-23(32)19(15-18-10-8-7-9-11-18)30-22(31)20-16-28-12-13-29-20/h7-13,16-17,19,21H,14-15,27H2,1-6H3,(H,30,31)/t19-,21+/m0/s1. The van der Waals surface area contributed by atoms with Crippen LogP contribution in [0, 0.1) is 5.92 Å². The lowest BCUT2D eigenvalue weighted by atomic mass is 9.88. The number of nitrogens with one attached hydrogen (secondary N) is 1. The number of ether oxygens (including phenoxy) is 1. The summed E-state index contributed by atoms with van der Waals surface area (Å²) in [4.78, 5) is 33.9. The molecule has 10 heteroatoms. The average Bonchev–Trinajstić information content (AvgIpc) is 2.78. The van der Waals surface area contributed by atoms with Crippen LogP contribution in [0.5, 0.6) is 0 Å². The van der Waals surface area contributed by atoms with E-state index in [0.717, 1.165) is 5.56 Å². The number of aromatic nitrogens is 2. The van der Waals surface area contributed by atoms with Crippen molar-refractivity contribution in [1.82, 2.24) is 15.3 Å². The molecule has 189 valence electrons. The van der Waals surface area contributed by atoms with E-state index in [0.29, 0.717) is 12.3 Å². The lowest BCUT2D eigenvalue weighted by Crippen LogP contribution is -2.54. The van der Waals surface area contributed by atoms with Gasteiger partial charge in [0.2, 0.25) is 0 Å². The Morgan fingerprint density at radius 3 is 2.37 bits per heavy atom. The highest BCUT2D eigenvalue weighted by atomic mass is 16.6. The maximum atomic E-state index is 13.3. The molecule has 0 spiro atoms. The van der Waals surface area contributed by atoms with Crippen molar-refractivity contribution in [1.29, 1.82) is 0 Å². The summed E-state index contributed by atoms with van der Waals surface area (Å²) in [7, 11) is 1.19. The molecule has 0 bridgehead atoms. The van der Waals surface area contributed by atoms with Crippen molar-refractivity contribution in [2.24, 2.45) is 11.7 Å². The van der Waals surface area contributed by atoms with Gasteiger partial charge in [0.25, 0.3) is 5.91 Å². The van der Waals surface area contributed by atoms with E-state index in [1.165, 1.54) is 26.3 Å². The fourth-order valence-electron chi connectivity index (χ4n) is 3.02. The number of nitrogens with two attached hydrogens (primary N) is 1. The Balaban J connectivity index is 2.10. The number of nitrogens with zero attached hydrogens (tertiary/aromatic N) is 2. The van der Waals surface area contributed by atoms with Crippen LogP contribution in [0.25, 0.3) is 0 Å². The highest BCUT2D eigenvalue weighted by Crippen LogP contribution is 2.29. The summed E-state index contributed by atoms with van der Waals surface area (Å²) in [6.45, 7) is 11.1. The molecule has 1 amide bonds. The number of hydrogen-bond acceptors (Lipinski definition) is 8. The first-order valence-corrected chi connectivity index (χ1v) is 11.7. The van der Waals surface area contributed by atoms with Crippen molar-refractivity contribution in [2.45, 2.75) is 77.9 Å². The van der Waals surface area contributed by atoms with E-state index in [9.17, 15) is 9.59 Å². The Morgan fingerprint density at radius 1 is 1.09 bits per heavy atom. The minimum absolute atomic E-state index is 0.103. The third-order valence-electron chi connectivity index (χ3n) is 5.75. The fraction of sp³-hybridized carbons (Fsp3) is 0.520. The van der Waals surface area contributed by atoms with Crippen molar-refractivity contribution in [3.05, 3.63) is 60.2 Å². The minimum Gasteiger partial charge on any atom is -0.455 e. The Hall–Kier alpha value is -2.82. The van der Waals surface area contributed by atoms with Crippen LogP contribution in [0.15, 0.2) is 48.9 Å². The average molecular weight is 483 g/mol. The van der Waals surface area contributed by atoms with E-state index in [1.54, 1.807) is 27.7 Å². The highest BCUT2D eigenvalue weighted by molar-refractivity contribution is 6.18. The molecule has 1 heterocycles. The predicted molar refractivity (Wildman–Crippen MR) is 133 cm³/mol. The van der Waals surface area contributed by atoms with E-state index in [-0.39, 0.29) is 12.1 Å². The lowest BCUT2D eigenvalue weighted by molar-refractivity contribution is -0.180. The molecule has 1 aromatic heterocycles. The van der Waals surface area contributed by atoms with Gasteiger partial charge in [-0.25, -0.2) is 9.78 Å². The summed E-state index contributed by atoms with van der Waals surface area (Å²) < 4.78 is 17.1. The number of esters is 1. The topological polar surface area (TPSA) is 126 Å². The first kappa shape index (κ1) is 28.4. The number of hydrogen-bond donors (Lipinski definition) is 2. The van der Waals surface area contributed by atoms with Crippen molar-refractivity contribution < 1.29 is 23.6 Å². The Bertz CT molecular complexity index is 941. The van der Waals surface area contributed by atoms with Crippen LogP contribution >= 0.6 is 0 Å². The molecular weight excluding hydrogens is 447 g/mol.